The van der Waals surface area contributed by atoms with Crippen molar-refractivity contribution in [3.63, 3.8) is 0 Å². The molecule has 6 nitrogen and oxygen atoms in total. The van der Waals surface area contributed by atoms with E-state index < -0.39 is 29.9 Å². The fourth-order valence-electron chi connectivity index (χ4n) is 2.91. The highest BCUT2D eigenvalue weighted by Crippen LogP contribution is 2.37. The number of hydrogen-bond acceptors (Lipinski definition) is 5. The first kappa shape index (κ1) is 22.5. The van der Waals surface area contributed by atoms with Crippen LogP contribution in [0.1, 0.15) is 31.1 Å². The van der Waals surface area contributed by atoms with Crippen molar-refractivity contribution in [2.45, 2.75) is 38.8 Å². The minimum atomic E-state index is -4.88. The third-order valence-corrected chi connectivity index (χ3v) is 4.34. The summed E-state index contributed by atoms with van der Waals surface area (Å²) in [6, 6.07) is 10.7. The van der Waals surface area contributed by atoms with Crippen molar-refractivity contribution >= 4 is 12.4 Å². The smallest absolute Gasteiger partial charge is 0.483 e. The number of benzene rings is 2. The predicted octanol–water partition coefficient (Wildman–Crippen LogP) is 5.06. The van der Waals surface area contributed by atoms with Crippen LogP contribution in [0.2, 0.25) is 0 Å². The second kappa shape index (κ2) is 8.49. The molecule has 9 heteroatoms. The van der Waals surface area contributed by atoms with Crippen LogP contribution in [0, 0.1) is 0 Å². The van der Waals surface area contributed by atoms with E-state index in [1.165, 1.54) is 23.1 Å². The molecule has 0 N–H and O–H groups in total. The maximum atomic E-state index is 12.8. The zero-order valence-corrected chi connectivity index (χ0v) is 17.2. The first-order valence-corrected chi connectivity index (χ1v) is 9.53. The van der Waals surface area contributed by atoms with Gasteiger partial charge in [-0.25, -0.2) is 4.79 Å². The number of carbonyl (C=O) groups excluding carboxylic acids is 2. The normalized spacial score (nSPS) is 14.6. The Morgan fingerprint density at radius 3 is 2.16 bits per heavy atom. The number of alkyl halides is 3. The number of ether oxygens (including phenoxy) is 3. The first-order chi connectivity index (χ1) is 14.4. The molecule has 0 saturated carbocycles. The lowest BCUT2D eigenvalue weighted by atomic mass is 10.0. The molecule has 0 bridgehead atoms. The third kappa shape index (κ3) is 6.13. The minimum absolute atomic E-state index is 0.0943. The van der Waals surface area contributed by atoms with Crippen LogP contribution in [-0.2, 0) is 4.74 Å². The summed E-state index contributed by atoms with van der Waals surface area (Å²) in [5.41, 5.74) is 1.11. The quantitative estimate of drug-likeness (QED) is 0.612. The van der Waals surface area contributed by atoms with Gasteiger partial charge in [0, 0.05) is 5.56 Å². The van der Waals surface area contributed by atoms with E-state index in [2.05, 4.69) is 4.74 Å². The number of nitrogens with zero attached hydrogens (tertiary/aromatic N) is 1. The summed E-state index contributed by atoms with van der Waals surface area (Å²) < 4.78 is 53.5. The van der Waals surface area contributed by atoms with Gasteiger partial charge in [-0.15, -0.1) is 13.2 Å². The Bertz CT molecular complexity index is 945. The van der Waals surface area contributed by atoms with Gasteiger partial charge in [0.05, 0.1) is 13.1 Å². The topological polar surface area (TPSA) is 65.1 Å². The van der Waals surface area contributed by atoms with E-state index in [9.17, 15) is 22.8 Å². The molecule has 31 heavy (non-hydrogen) atoms. The minimum Gasteiger partial charge on any atom is -0.483 e. The molecule has 3 rings (SSSR count). The molecule has 1 heterocycles. The summed E-state index contributed by atoms with van der Waals surface area (Å²) in [6.45, 7) is 5.59. The summed E-state index contributed by atoms with van der Waals surface area (Å²) in [4.78, 5) is 24.3. The zero-order chi connectivity index (χ0) is 22.8. The number of amides is 1. The van der Waals surface area contributed by atoms with E-state index in [1.807, 2.05) is 0 Å². The van der Waals surface area contributed by atoms with Crippen LogP contribution in [-0.4, -0.2) is 48.4 Å². The number of rotatable bonds is 5. The Morgan fingerprint density at radius 2 is 1.61 bits per heavy atom. The van der Waals surface area contributed by atoms with Crippen molar-refractivity contribution in [2.24, 2.45) is 0 Å². The molecule has 0 atom stereocenters. The maximum Gasteiger partial charge on any atom is 0.573 e. The maximum absolute atomic E-state index is 12.8. The lowest BCUT2D eigenvalue weighted by molar-refractivity contribution is -0.275. The van der Waals surface area contributed by atoms with Gasteiger partial charge in [-0.2, -0.15) is 0 Å². The number of halogens is 3. The third-order valence-electron chi connectivity index (χ3n) is 4.34. The Balaban J connectivity index is 1.76. The van der Waals surface area contributed by atoms with Gasteiger partial charge in [-0.05, 0) is 44.0 Å². The van der Waals surface area contributed by atoms with E-state index in [4.69, 9.17) is 9.47 Å². The highest BCUT2D eigenvalue weighted by Gasteiger charge is 2.37. The molecular formula is C22H22F3NO5. The monoisotopic (exact) mass is 437 g/mol. The van der Waals surface area contributed by atoms with Gasteiger partial charge in [0.25, 0.3) is 0 Å². The van der Waals surface area contributed by atoms with Crippen LogP contribution >= 0.6 is 0 Å². The summed E-state index contributed by atoms with van der Waals surface area (Å²) in [5.74, 6) is -0.570. The van der Waals surface area contributed by atoms with Gasteiger partial charge in [0.1, 0.15) is 18.0 Å². The fraction of sp³-hybridized carbons (Fsp3) is 0.364. The fourth-order valence-corrected chi connectivity index (χ4v) is 2.91. The number of aldehydes is 1. The molecule has 0 spiro atoms. The highest BCUT2D eigenvalue weighted by atomic mass is 19.4. The SMILES string of the molecule is CC(C)(C)OC(=O)N1CC(Oc2cc(-c3ccc(C=O)cc3)ccc2OC(F)(F)F)C1. The van der Waals surface area contributed by atoms with Gasteiger partial charge >= 0.3 is 12.5 Å². The Hall–Kier alpha value is -3.23. The van der Waals surface area contributed by atoms with Crippen LogP contribution < -0.4 is 9.47 Å². The Morgan fingerprint density at radius 1 is 1.00 bits per heavy atom. The summed E-state index contributed by atoms with van der Waals surface area (Å²) in [5, 5.41) is 0. The van der Waals surface area contributed by atoms with E-state index in [0.717, 1.165) is 0 Å². The second-order valence-electron chi connectivity index (χ2n) is 8.07. The van der Waals surface area contributed by atoms with Crippen molar-refractivity contribution < 1.29 is 37.0 Å². The van der Waals surface area contributed by atoms with E-state index >= 15 is 0 Å². The molecular weight excluding hydrogens is 415 g/mol. The largest absolute Gasteiger partial charge is 0.573 e. The molecule has 1 amide bonds. The van der Waals surface area contributed by atoms with Crippen LogP contribution in [0.3, 0.4) is 0 Å². The van der Waals surface area contributed by atoms with Crippen molar-refractivity contribution in [1.29, 1.82) is 0 Å². The zero-order valence-electron chi connectivity index (χ0n) is 17.2. The summed E-state index contributed by atoms with van der Waals surface area (Å²) >= 11 is 0. The molecule has 2 aromatic carbocycles. The lowest BCUT2D eigenvalue weighted by Gasteiger charge is -2.39. The molecule has 0 aliphatic carbocycles. The molecule has 1 saturated heterocycles. The van der Waals surface area contributed by atoms with Crippen LogP contribution in [0.15, 0.2) is 42.5 Å². The van der Waals surface area contributed by atoms with Gasteiger partial charge in [0.2, 0.25) is 0 Å². The van der Waals surface area contributed by atoms with Gasteiger partial charge in [-0.3, -0.25) is 4.79 Å². The molecule has 0 aromatic heterocycles. The van der Waals surface area contributed by atoms with Crippen LogP contribution in [0.4, 0.5) is 18.0 Å². The van der Waals surface area contributed by atoms with E-state index in [-0.39, 0.29) is 18.8 Å². The van der Waals surface area contributed by atoms with Crippen LogP contribution in [0.25, 0.3) is 11.1 Å². The number of hydrogen-bond donors (Lipinski definition) is 0. The standard InChI is InChI=1S/C22H22F3NO5/c1-21(2,3)31-20(28)26-11-17(12-26)29-19-10-16(8-9-18(19)30-22(23,24)25)15-6-4-14(13-27)5-7-15/h4-10,13,17H,11-12H2,1-3H3. The van der Waals surface area contributed by atoms with Gasteiger partial charge < -0.3 is 19.1 Å². The average molecular weight is 437 g/mol. The predicted molar refractivity (Wildman–Crippen MR) is 106 cm³/mol. The first-order valence-electron chi connectivity index (χ1n) is 9.53. The summed E-state index contributed by atoms with van der Waals surface area (Å²) in [7, 11) is 0. The Labute approximate surface area is 177 Å². The number of carbonyl (C=O) groups is 2. The molecule has 1 aliphatic rings. The molecule has 1 aliphatic heterocycles. The molecule has 0 unspecified atom stereocenters. The van der Waals surface area contributed by atoms with Crippen molar-refractivity contribution in [3.05, 3.63) is 48.0 Å². The lowest BCUT2D eigenvalue weighted by Crippen LogP contribution is -2.57. The highest BCUT2D eigenvalue weighted by molar-refractivity contribution is 5.77. The van der Waals surface area contributed by atoms with Crippen molar-refractivity contribution in [1.82, 2.24) is 4.90 Å². The van der Waals surface area contributed by atoms with E-state index in [1.54, 1.807) is 45.0 Å². The Kier molecular flexibility index (Phi) is 6.15. The van der Waals surface area contributed by atoms with Gasteiger partial charge in [0.15, 0.2) is 11.5 Å². The molecule has 1 fully saturated rings. The second-order valence-corrected chi connectivity index (χ2v) is 8.07. The molecule has 2 aromatic rings. The van der Waals surface area contributed by atoms with Gasteiger partial charge in [-0.1, -0.05) is 30.3 Å². The van der Waals surface area contributed by atoms with Crippen molar-refractivity contribution in [2.75, 3.05) is 13.1 Å². The average Bonchev–Trinajstić information content (AvgIpc) is 2.62. The van der Waals surface area contributed by atoms with Crippen LogP contribution in [0.5, 0.6) is 11.5 Å². The molecule has 0 radical (unpaired) electrons. The number of likely N-dealkylation sites (tertiary alicyclic amines) is 1. The molecule has 166 valence electrons. The van der Waals surface area contributed by atoms with E-state index in [0.29, 0.717) is 23.0 Å². The van der Waals surface area contributed by atoms with Crippen molar-refractivity contribution in [3.8, 4) is 22.6 Å². The summed E-state index contributed by atoms with van der Waals surface area (Å²) in [6.07, 6.45) is -5.20.